The molecule has 1 amide bonds. The van der Waals surface area contributed by atoms with E-state index in [1.54, 1.807) is 12.0 Å². The molecule has 1 aliphatic heterocycles. The highest BCUT2D eigenvalue weighted by Crippen LogP contribution is 2.24. The van der Waals surface area contributed by atoms with E-state index in [1.807, 2.05) is 25.2 Å². The Morgan fingerprint density at radius 3 is 2.83 bits per heavy atom. The summed E-state index contributed by atoms with van der Waals surface area (Å²) in [5, 5.41) is 0. The lowest BCUT2D eigenvalue weighted by molar-refractivity contribution is -0.134. The number of nitrogens with zero attached hydrogens (tertiary/aromatic N) is 2. The summed E-state index contributed by atoms with van der Waals surface area (Å²) in [5.41, 5.74) is 1.10. The number of hydrogen-bond acceptors (Lipinski definition) is 3. The van der Waals surface area contributed by atoms with Crippen molar-refractivity contribution in [3.05, 3.63) is 28.2 Å². The number of hydrogen-bond donors (Lipinski definition) is 0. The lowest BCUT2D eigenvalue weighted by Gasteiger charge is -2.32. The highest BCUT2D eigenvalue weighted by Gasteiger charge is 2.21. The Bertz CT molecular complexity index is 451. The number of ether oxygens (including phenoxy) is 1. The van der Waals surface area contributed by atoms with Crippen LogP contribution in [0.2, 0.25) is 0 Å². The van der Waals surface area contributed by atoms with Crippen molar-refractivity contribution in [1.82, 2.24) is 9.80 Å². The monoisotopic (exact) mass is 312 g/mol. The average molecular weight is 313 g/mol. The Morgan fingerprint density at radius 1 is 1.39 bits per heavy atom. The predicted octanol–water partition coefficient (Wildman–Crippen LogP) is 1.73. The van der Waals surface area contributed by atoms with E-state index < -0.39 is 0 Å². The number of carbonyl (C=O) groups excluding carboxylic acids is 1. The van der Waals surface area contributed by atoms with Crippen molar-refractivity contribution in [3.63, 3.8) is 0 Å². The van der Waals surface area contributed by atoms with Crippen LogP contribution in [0.3, 0.4) is 0 Å². The third kappa shape index (κ3) is 3.03. The summed E-state index contributed by atoms with van der Waals surface area (Å²) >= 11 is 3.46. The molecule has 1 aromatic rings. The number of piperazine rings is 1. The minimum atomic E-state index is 0.176. The molecule has 0 saturated carbocycles. The van der Waals surface area contributed by atoms with E-state index in [1.165, 1.54) is 0 Å². The molecule has 5 heteroatoms. The maximum absolute atomic E-state index is 11.7. The maximum Gasteiger partial charge on any atom is 0.236 e. The van der Waals surface area contributed by atoms with Gasteiger partial charge in [0.05, 0.1) is 13.7 Å². The van der Waals surface area contributed by atoms with Gasteiger partial charge in [-0.15, -0.1) is 0 Å². The second kappa shape index (κ2) is 5.71. The normalized spacial score (nSPS) is 17.1. The van der Waals surface area contributed by atoms with Crippen molar-refractivity contribution >= 4 is 21.8 Å². The Hall–Kier alpha value is -1.07. The average Bonchev–Trinajstić information content (AvgIpc) is 2.34. The van der Waals surface area contributed by atoms with Crippen molar-refractivity contribution in [1.29, 1.82) is 0 Å². The minimum absolute atomic E-state index is 0.176. The van der Waals surface area contributed by atoms with Gasteiger partial charge in [0.25, 0.3) is 0 Å². The molecule has 0 radical (unpaired) electrons. The molecule has 0 aliphatic carbocycles. The van der Waals surface area contributed by atoms with Crippen molar-refractivity contribution in [3.8, 4) is 5.75 Å². The molecule has 1 saturated heterocycles. The van der Waals surface area contributed by atoms with Gasteiger partial charge in [0.1, 0.15) is 5.75 Å². The molecule has 0 atom stereocenters. The van der Waals surface area contributed by atoms with E-state index in [4.69, 9.17) is 4.74 Å². The maximum atomic E-state index is 11.7. The predicted molar refractivity (Wildman–Crippen MR) is 73.6 cm³/mol. The van der Waals surface area contributed by atoms with Crippen molar-refractivity contribution in [2.75, 3.05) is 33.8 Å². The summed E-state index contributed by atoms with van der Waals surface area (Å²) in [7, 11) is 3.52. The smallest absolute Gasteiger partial charge is 0.236 e. The van der Waals surface area contributed by atoms with E-state index in [-0.39, 0.29) is 5.91 Å². The number of benzene rings is 1. The van der Waals surface area contributed by atoms with Crippen LogP contribution in [0.4, 0.5) is 0 Å². The van der Waals surface area contributed by atoms with E-state index >= 15 is 0 Å². The molecule has 2 rings (SSSR count). The molecular formula is C13H17BrN2O2. The number of carbonyl (C=O) groups is 1. The van der Waals surface area contributed by atoms with Crippen LogP contribution in [0, 0.1) is 0 Å². The molecule has 98 valence electrons. The zero-order chi connectivity index (χ0) is 13.1. The van der Waals surface area contributed by atoms with Gasteiger partial charge < -0.3 is 9.64 Å². The Kier molecular flexibility index (Phi) is 4.24. The number of rotatable bonds is 3. The first-order valence-electron chi connectivity index (χ1n) is 5.89. The molecular weight excluding hydrogens is 296 g/mol. The van der Waals surface area contributed by atoms with Gasteiger partial charge in [0.15, 0.2) is 0 Å². The minimum Gasteiger partial charge on any atom is -0.496 e. The van der Waals surface area contributed by atoms with Gasteiger partial charge in [-0.2, -0.15) is 0 Å². The molecule has 0 N–H and O–H groups in total. The summed E-state index contributed by atoms with van der Waals surface area (Å²) in [6.07, 6.45) is 0. The Morgan fingerprint density at radius 2 is 2.17 bits per heavy atom. The Labute approximate surface area is 116 Å². The summed E-state index contributed by atoms with van der Waals surface area (Å²) in [4.78, 5) is 15.6. The number of methoxy groups -OCH3 is 1. The summed E-state index contributed by atoms with van der Waals surface area (Å²) in [6.45, 7) is 2.90. The molecule has 4 nitrogen and oxygen atoms in total. The van der Waals surface area contributed by atoms with Crippen LogP contribution in [0.15, 0.2) is 22.7 Å². The summed E-state index contributed by atoms with van der Waals surface area (Å²) < 4.78 is 6.37. The molecule has 0 bridgehead atoms. The van der Waals surface area contributed by atoms with Gasteiger partial charge in [-0.1, -0.05) is 15.9 Å². The van der Waals surface area contributed by atoms with Crippen LogP contribution < -0.4 is 4.74 Å². The first-order valence-corrected chi connectivity index (χ1v) is 6.68. The molecule has 1 aromatic carbocycles. The third-order valence-corrected chi connectivity index (χ3v) is 3.67. The van der Waals surface area contributed by atoms with Gasteiger partial charge >= 0.3 is 0 Å². The van der Waals surface area contributed by atoms with Crippen LogP contribution in [0.25, 0.3) is 0 Å². The van der Waals surface area contributed by atoms with Crippen LogP contribution >= 0.6 is 15.9 Å². The molecule has 0 aromatic heterocycles. The quantitative estimate of drug-likeness (QED) is 0.852. The van der Waals surface area contributed by atoms with Gasteiger partial charge in [0, 0.05) is 36.7 Å². The van der Waals surface area contributed by atoms with E-state index in [0.29, 0.717) is 6.54 Å². The summed E-state index contributed by atoms with van der Waals surface area (Å²) in [5.74, 6) is 1.04. The Balaban J connectivity index is 2.09. The first kappa shape index (κ1) is 13.4. The number of likely N-dealkylation sites (N-methyl/N-ethyl adjacent to an activating group) is 1. The van der Waals surface area contributed by atoms with Crippen molar-refractivity contribution in [2.24, 2.45) is 0 Å². The first-order chi connectivity index (χ1) is 8.60. The van der Waals surface area contributed by atoms with Gasteiger partial charge in [-0.25, -0.2) is 0 Å². The lowest BCUT2D eigenvalue weighted by atomic mass is 10.1. The van der Waals surface area contributed by atoms with Crippen molar-refractivity contribution < 1.29 is 9.53 Å². The number of halogens is 1. The van der Waals surface area contributed by atoms with E-state index in [9.17, 15) is 4.79 Å². The van der Waals surface area contributed by atoms with Crippen LogP contribution in [-0.2, 0) is 11.3 Å². The van der Waals surface area contributed by atoms with Gasteiger partial charge in [-0.05, 0) is 18.2 Å². The molecule has 1 fully saturated rings. The second-order valence-corrected chi connectivity index (χ2v) is 5.40. The third-order valence-electron chi connectivity index (χ3n) is 3.17. The topological polar surface area (TPSA) is 32.8 Å². The number of amides is 1. The second-order valence-electron chi connectivity index (χ2n) is 4.48. The zero-order valence-corrected chi connectivity index (χ0v) is 12.2. The zero-order valence-electron chi connectivity index (χ0n) is 10.6. The molecule has 1 aliphatic rings. The van der Waals surface area contributed by atoms with Crippen LogP contribution in [0.1, 0.15) is 5.56 Å². The molecule has 0 unspecified atom stereocenters. The van der Waals surface area contributed by atoms with Crippen molar-refractivity contribution in [2.45, 2.75) is 6.54 Å². The standard InChI is InChI=1S/C13H17BrN2O2/c1-15-5-6-16(9-13(15)17)8-10-7-11(14)3-4-12(10)18-2/h3-4,7H,5-6,8-9H2,1-2H3. The van der Waals surface area contributed by atoms with Crippen LogP contribution in [-0.4, -0.2) is 49.5 Å². The van der Waals surface area contributed by atoms with E-state index in [0.717, 1.165) is 35.4 Å². The van der Waals surface area contributed by atoms with E-state index in [2.05, 4.69) is 20.8 Å². The SMILES string of the molecule is COc1ccc(Br)cc1CN1CCN(C)C(=O)C1. The fourth-order valence-electron chi connectivity index (χ4n) is 2.05. The summed E-state index contributed by atoms with van der Waals surface area (Å²) in [6, 6.07) is 5.94. The fraction of sp³-hybridized carbons (Fsp3) is 0.462. The fourth-order valence-corrected chi connectivity index (χ4v) is 2.46. The highest BCUT2D eigenvalue weighted by molar-refractivity contribution is 9.10. The highest BCUT2D eigenvalue weighted by atomic mass is 79.9. The van der Waals surface area contributed by atoms with Crippen LogP contribution in [0.5, 0.6) is 5.75 Å². The molecule has 0 spiro atoms. The lowest BCUT2D eigenvalue weighted by Crippen LogP contribution is -2.47. The molecule has 1 heterocycles. The largest absolute Gasteiger partial charge is 0.496 e. The van der Waals surface area contributed by atoms with Gasteiger partial charge in [-0.3, -0.25) is 9.69 Å². The van der Waals surface area contributed by atoms with Gasteiger partial charge in [0.2, 0.25) is 5.91 Å². The molecule has 18 heavy (non-hydrogen) atoms.